The van der Waals surface area contributed by atoms with Gasteiger partial charge in [-0.1, -0.05) is 6.07 Å². The van der Waals surface area contributed by atoms with Crippen LogP contribution in [0.15, 0.2) is 18.2 Å². The predicted octanol–water partition coefficient (Wildman–Crippen LogP) is 1.82. The topological polar surface area (TPSA) is 68.8 Å². The third kappa shape index (κ3) is 3.62. The first-order chi connectivity index (χ1) is 10.7. The van der Waals surface area contributed by atoms with Crippen molar-refractivity contribution in [3.63, 3.8) is 0 Å². The van der Waals surface area contributed by atoms with Crippen LogP contribution in [0.2, 0.25) is 0 Å². The number of rotatable bonds is 4. The molecule has 3 rings (SSSR count). The monoisotopic (exact) mass is 306 g/mol. The second-order valence-electron chi connectivity index (χ2n) is 5.65. The van der Waals surface area contributed by atoms with Crippen LogP contribution in [0.5, 0.6) is 11.5 Å². The van der Waals surface area contributed by atoms with Crippen molar-refractivity contribution in [3.8, 4) is 11.5 Å². The Bertz CT molecular complexity index is 529. The molecule has 2 unspecified atom stereocenters. The molecule has 2 atom stereocenters. The number of carbonyl (C=O) groups is 1. The van der Waals surface area contributed by atoms with Crippen LogP contribution in [0.4, 0.5) is 4.79 Å². The van der Waals surface area contributed by atoms with E-state index in [2.05, 4.69) is 10.6 Å². The van der Waals surface area contributed by atoms with Crippen molar-refractivity contribution in [1.82, 2.24) is 10.6 Å². The third-order valence-electron chi connectivity index (χ3n) is 3.94. The van der Waals surface area contributed by atoms with Crippen LogP contribution in [0.1, 0.15) is 25.3 Å². The SMILES string of the molecule is CC(NC(=O)NCc1ccc2c(c1)OCCO2)C1CCCO1. The second kappa shape index (κ2) is 6.87. The highest BCUT2D eigenvalue weighted by molar-refractivity contribution is 5.74. The Kier molecular flexibility index (Phi) is 4.68. The fraction of sp³-hybridized carbons (Fsp3) is 0.562. The summed E-state index contributed by atoms with van der Waals surface area (Å²) in [5.74, 6) is 1.49. The number of carbonyl (C=O) groups excluding carboxylic acids is 1. The van der Waals surface area contributed by atoms with Gasteiger partial charge in [-0.2, -0.15) is 0 Å². The normalized spacial score (nSPS) is 21.2. The minimum Gasteiger partial charge on any atom is -0.486 e. The smallest absolute Gasteiger partial charge is 0.315 e. The van der Waals surface area contributed by atoms with Crippen LogP contribution in [0.3, 0.4) is 0 Å². The summed E-state index contributed by atoms with van der Waals surface area (Å²) in [6, 6.07) is 5.54. The van der Waals surface area contributed by atoms with E-state index in [0.717, 1.165) is 36.5 Å². The van der Waals surface area contributed by atoms with Crippen molar-refractivity contribution in [2.75, 3.05) is 19.8 Å². The van der Waals surface area contributed by atoms with Crippen LogP contribution in [0, 0.1) is 0 Å². The standard InChI is InChI=1S/C16H22N2O4/c1-11(13-3-2-6-20-13)18-16(19)17-10-12-4-5-14-15(9-12)22-8-7-21-14/h4-5,9,11,13H,2-3,6-8,10H2,1H3,(H2,17,18,19). The molecule has 0 radical (unpaired) electrons. The van der Waals surface area contributed by atoms with Crippen LogP contribution >= 0.6 is 0 Å². The van der Waals surface area contributed by atoms with E-state index < -0.39 is 0 Å². The second-order valence-corrected chi connectivity index (χ2v) is 5.65. The first kappa shape index (κ1) is 15.0. The maximum atomic E-state index is 11.9. The molecule has 1 aromatic rings. The van der Waals surface area contributed by atoms with Crippen molar-refractivity contribution in [2.45, 2.75) is 38.5 Å². The lowest BCUT2D eigenvalue weighted by Gasteiger charge is -2.21. The Morgan fingerprint density at radius 3 is 2.86 bits per heavy atom. The van der Waals surface area contributed by atoms with Gasteiger partial charge in [-0.25, -0.2) is 4.79 Å². The molecule has 2 aliphatic heterocycles. The number of ether oxygens (including phenoxy) is 3. The van der Waals surface area contributed by atoms with E-state index >= 15 is 0 Å². The van der Waals surface area contributed by atoms with Gasteiger partial charge in [0, 0.05) is 13.2 Å². The molecular weight excluding hydrogens is 284 g/mol. The molecule has 1 aromatic carbocycles. The summed E-state index contributed by atoms with van der Waals surface area (Å²) < 4.78 is 16.6. The zero-order valence-corrected chi connectivity index (χ0v) is 12.8. The molecule has 1 saturated heterocycles. The van der Waals surface area contributed by atoms with Gasteiger partial charge in [0.25, 0.3) is 0 Å². The Morgan fingerprint density at radius 2 is 2.09 bits per heavy atom. The minimum absolute atomic E-state index is 0.0165. The number of nitrogens with one attached hydrogen (secondary N) is 2. The average Bonchev–Trinajstić information content (AvgIpc) is 3.07. The third-order valence-corrected chi connectivity index (χ3v) is 3.94. The quantitative estimate of drug-likeness (QED) is 0.890. The fourth-order valence-electron chi connectivity index (χ4n) is 2.73. The first-order valence-electron chi connectivity index (χ1n) is 7.77. The zero-order chi connectivity index (χ0) is 15.4. The molecular formula is C16H22N2O4. The summed E-state index contributed by atoms with van der Waals surface area (Å²) in [7, 11) is 0. The Balaban J connectivity index is 1.48. The van der Waals surface area contributed by atoms with Gasteiger partial charge in [-0.05, 0) is 37.5 Å². The van der Waals surface area contributed by atoms with Gasteiger partial charge >= 0.3 is 6.03 Å². The maximum Gasteiger partial charge on any atom is 0.315 e. The fourth-order valence-corrected chi connectivity index (χ4v) is 2.73. The molecule has 0 bridgehead atoms. The lowest BCUT2D eigenvalue weighted by atomic mass is 10.1. The summed E-state index contributed by atoms with van der Waals surface area (Å²) in [6.45, 7) is 4.34. The number of hydrogen-bond donors (Lipinski definition) is 2. The largest absolute Gasteiger partial charge is 0.486 e. The lowest BCUT2D eigenvalue weighted by molar-refractivity contribution is 0.0860. The molecule has 1 fully saturated rings. The molecule has 2 N–H and O–H groups in total. The van der Waals surface area contributed by atoms with Gasteiger partial charge in [-0.3, -0.25) is 0 Å². The van der Waals surface area contributed by atoms with Crippen molar-refractivity contribution >= 4 is 6.03 Å². The van der Waals surface area contributed by atoms with E-state index in [9.17, 15) is 4.79 Å². The molecule has 2 aliphatic rings. The lowest BCUT2D eigenvalue weighted by Crippen LogP contribution is -2.45. The Morgan fingerprint density at radius 1 is 1.27 bits per heavy atom. The number of amides is 2. The van der Waals surface area contributed by atoms with E-state index in [0.29, 0.717) is 19.8 Å². The summed E-state index contributed by atoms with van der Waals surface area (Å²) in [4.78, 5) is 11.9. The average molecular weight is 306 g/mol. The molecule has 6 nitrogen and oxygen atoms in total. The van der Waals surface area contributed by atoms with Crippen molar-refractivity contribution < 1.29 is 19.0 Å². The van der Waals surface area contributed by atoms with Crippen molar-refractivity contribution in [2.24, 2.45) is 0 Å². The van der Waals surface area contributed by atoms with E-state index in [1.807, 2.05) is 25.1 Å². The van der Waals surface area contributed by atoms with Gasteiger partial charge in [0.15, 0.2) is 11.5 Å². The van der Waals surface area contributed by atoms with Gasteiger partial charge < -0.3 is 24.8 Å². The molecule has 2 heterocycles. The molecule has 0 aromatic heterocycles. The molecule has 0 spiro atoms. The summed E-state index contributed by atoms with van der Waals surface area (Å²) >= 11 is 0. The van der Waals surface area contributed by atoms with Crippen molar-refractivity contribution in [3.05, 3.63) is 23.8 Å². The first-order valence-corrected chi connectivity index (χ1v) is 7.77. The van der Waals surface area contributed by atoms with Gasteiger partial charge in [0.05, 0.1) is 12.1 Å². The Hall–Kier alpha value is -1.95. The molecule has 120 valence electrons. The summed E-state index contributed by atoms with van der Waals surface area (Å²) in [5.41, 5.74) is 0.976. The highest BCUT2D eigenvalue weighted by atomic mass is 16.6. The highest BCUT2D eigenvalue weighted by Gasteiger charge is 2.23. The number of hydrogen-bond acceptors (Lipinski definition) is 4. The number of urea groups is 1. The molecule has 2 amide bonds. The predicted molar refractivity (Wildman–Crippen MR) is 81.2 cm³/mol. The van der Waals surface area contributed by atoms with E-state index in [-0.39, 0.29) is 18.2 Å². The molecule has 6 heteroatoms. The molecule has 0 aliphatic carbocycles. The maximum absolute atomic E-state index is 11.9. The Labute approximate surface area is 130 Å². The molecule has 0 saturated carbocycles. The van der Waals surface area contributed by atoms with E-state index in [4.69, 9.17) is 14.2 Å². The molecule has 22 heavy (non-hydrogen) atoms. The summed E-state index contributed by atoms with van der Waals surface area (Å²) in [5, 5.41) is 5.78. The van der Waals surface area contributed by atoms with E-state index in [1.165, 1.54) is 0 Å². The van der Waals surface area contributed by atoms with Crippen LogP contribution < -0.4 is 20.1 Å². The zero-order valence-electron chi connectivity index (χ0n) is 12.8. The van der Waals surface area contributed by atoms with Gasteiger partial charge in [0.2, 0.25) is 0 Å². The van der Waals surface area contributed by atoms with Crippen molar-refractivity contribution in [1.29, 1.82) is 0 Å². The number of fused-ring (bicyclic) bond motifs is 1. The van der Waals surface area contributed by atoms with Gasteiger partial charge in [-0.15, -0.1) is 0 Å². The van der Waals surface area contributed by atoms with Crippen LogP contribution in [-0.2, 0) is 11.3 Å². The van der Waals surface area contributed by atoms with Gasteiger partial charge in [0.1, 0.15) is 13.2 Å². The summed E-state index contributed by atoms with van der Waals surface area (Å²) in [6.07, 6.45) is 2.19. The van der Waals surface area contributed by atoms with Crippen LogP contribution in [-0.4, -0.2) is 38.0 Å². The van der Waals surface area contributed by atoms with Crippen LogP contribution in [0.25, 0.3) is 0 Å². The minimum atomic E-state index is -0.183. The van der Waals surface area contributed by atoms with E-state index in [1.54, 1.807) is 0 Å². The highest BCUT2D eigenvalue weighted by Crippen LogP contribution is 2.30. The number of benzene rings is 1.